The van der Waals surface area contributed by atoms with Gasteiger partial charge in [0.05, 0.1) is 13.5 Å². The van der Waals surface area contributed by atoms with Crippen LogP contribution in [0.2, 0.25) is 0 Å². The van der Waals surface area contributed by atoms with Crippen molar-refractivity contribution in [1.29, 1.82) is 0 Å². The lowest BCUT2D eigenvalue weighted by Crippen LogP contribution is -2.30. The van der Waals surface area contributed by atoms with Gasteiger partial charge in [0.25, 0.3) is 0 Å². The lowest BCUT2D eigenvalue weighted by atomic mass is 10.0. The Hall–Kier alpha value is -2.33. The van der Waals surface area contributed by atoms with Gasteiger partial charge in [0.2, 0.25) is 5.91 Å². The second-order valence-corrected chi connectivity index (χ2v) is 6.91. The lowest BCUT2D eigenvalue weighted by molar-refractivity contribution is -0.120. The summed E-state index contributed by atoms with van der Waals surface area (Å²) < 4.78 is 5.22. The summed E-state index contributed by atoms with van der Waals surface area (Å²) in [6, 6.07) is 16.1. The molecule has 2 aromatic rings. The van der Waals surface area contributed by atoms with Crippen LogP contribution in [0.1, 0.15) is 36.0 Å². The van der Waals surface area contributed by atoms with Gasteiger partial charge in [-0.15, -0.1) is 0 Å². The summed E-state index contributed by atoms with van der Waals surface area (Å²) in [5.41, 5.74) is 3.48. The minimum atomic E-state index is 0.0334. The van der Waals surface area contributed by atoms with Crippen molar-refractivity contribution in [2.75, 3.05) is 20.2 Å². The molecule has 0 aromatic heterocycles. The van der Waals surface area contributed by atoms with Crippen molar-refractivity contribution in [3.05, 3.63) is 65.2 Å². The Labute approximate surface area is 156 Å². The topological polar surface area (TPSA) is 41.6 Å². The number of benzene rings is 2. The number of likely N-dealkylation sites (tertiary alicyclic amines) is 1. The van der Waals surface area contributed by atoms with Gasteiger partial charge in [0.15, 0.2) is 0 Å². The van der Waals surface area contributed by atoms with E-state index >= 15 is 0 Å². The fourth-order valence-corrected chi connectivity index (χ4v) is 3.47. The molecule has 4 heteroatoms. The highest BCUT2D eigenvalue weighted by Gasteiger charge is 2.13. The SMILES string of the molecule is COc1cccc(CC(=O)NCc2ccccc2CN2CCCCC2)c1. The van der Waals surface area contributed by atoms with Gasteiger partial charge in [-0.25, -0.2) is 0 Å². The molecule has 1 heterocycles. The lowest BCUT2D eigenvalue weighted by Gasteiger charge is -2.27. The van der Waals surface area contributed by atoms with Gasteiger partial charge >= 0.3 is 0 Å². The number of rotatable bonds is 7. The number of methoxy groups -OCH3 is 1. The molecule has 138 valence electrons. The first-order valence-corrected chi connectivity index (χ1v) is 9.43. The van der Waals surface area contributed by atoms with Crippen molar-refractivity contribution in [2.24, 2.45) is 0 Å². The molecule has 4 nitrogen and oxygen atoms in total. The highest BCUT2D eigenvalue weighted by Crippen LogP contribution is 2.16. The third kappa shape index (κ3) is 5.33. The maximum Gasteiger partial charge on any atom is 0.224 e. The van der Waals surface area contributed by atoms with Gasteiger partial charge in [-0.3, -0.25) is 9.69 Å². The van der Waals surface area contributed by atoms with Crippen molar-refractivity contribution in [1.82, 2.24) is 10.2 Å². The number of nitrogens with one attached hydrogen (secondary N) is 1. The molecule has 1 amide bonds. The van der Waals surface area contributed by atoms with Crippen LogP contribution in [0.25, 0.3) is 0 Å². The summed E-state index contributed by atoms with van der Waals surface area (Å²) in [7, 11) is 1.64. The molecular weight excluding hydrogens is 324 g/mol. The molecule has 0 bridgehead atoms. The maximum atomic E-state index is 12.3. The van der Waals surface area contributed by atoms with Gasteiger partial charge in [-0.1, -0.05) is 42.8 Å². The fraction of sp³-hybridized carbons (Fsp3) is 0.409. The second-order valence-electron chi connectivity index (χ2n) is 6.91. The number of nitrogens with zero attached hydrogens (tertiary/aromatic N) is 1. The van der Waals surface area contributed by atoms with Crippen LogP contribution in [-0.4, -0.2) is 31.0 Å². The predicted octanol–water partition coefficient (Wildman–Crippen LogP) is 3.54. The minimum Gasteiger partial charge on any atom is -0.497 e. The summed E-state index contributed by atoms with van der Waals surface area (Å²) in [5.74, 6) is 0.813. The Morgan fingerprint density at radius 2 is 1.81 bits per heavy atom. The van der Waals surface area contributed by atoms with Gasteiger partial charge in [0, 0.05) is 13.1 Å². The van der Waals surface area contributed by atoms with Crippen LogP contribution in [0, 0.1) is 0 Å². The van der Waals surface area contributed by atoms with Gasteiger partial charge in [-0.2, -0.15) is 0 Å². The monoisotopic (exact) mass is 352 g/mol. The van der Waals surface area contributed by atoms with Crippen LogP contribution >= 0.6 is 0 Å². The molecule has 0 radical (unpaired) electrons. The van der Waals surface area contributed by atoms with E-state index in [0.717, 1.165) is 17.9 Å². The van der Waals surface area contributed by atoms with Crippen molar-refractivity contribution >= 4 is 5.91 Å². The summed E-state index contributed by atoms with van der Waals surface area (Å²) in [4.78, 5) is 14.8. The molecule has 2 aromatic carbocycles. The van der Waals surface area contributed by atoms with E-state index in [4.69, 9.17) is 4.74 Å². The first-order chi connectivity index (χ1) is 12.7. The van der Waals surface area contributed by atoms with Crippen LogP contribution in [0.5, 0.6) is 5.75 Å². The maximum absolute atomic E-state index is 12.3. The summed E-state index contributed by atoms with van der Waals surface area (Å²) in [6.07, 6.45) is 4.29. The molecule has 0 saturated carbocycles. The van der Waals surface area contributed by atoms with E-state index in [9.17, 15) is 4.79 Å². The van der Waals surface area contributed by atoms with Crippen molar-refractivity contribution in [2.45, 2.75) is 38.8 Å². The standard InChI is InChI=1S/C22H28N2O2/c1-26-21-11-7-8-18(14-21)15-22(25)23-16-19-9-3-4-10-20(19)17-24-12-5-2-6-13-24/h3-4,7-11,14H,2,5-6,12-13,15-17H2,1H3,(H,23,25). The highest BCUT2D eigenvalue weighted by atomic mass is 16.5. The van der Waals surface area contributed by atoms with Gasteiger partial charge in [0.1, 0.15) is 5.75 Å². The van der Waals surface area contributed by atoms with Crippen molar-refractivity contribution in [3.63, 3.8) is 0 Å². The number of hydrogen-bond donors (Lipinski definition) is 1. The molecule has 0 atom stereocenters. The summed E-state index contributed by atoms with van der Waals surface area (Å²) >= 11 is 0. The Bertz CT molecular complexity index is 724. The molecular formula is C22H28N2O2. The quantitative estimate of drug-likeness (QED) is 0.829. The Kier molecular flexibility index (Phi) is 6.67. The number of hydrogen-bond acceptors (Lipinski definition) is 3. The van der Waals surface area contributed by atoms with E-state index in [2.05, 4.69) is 28.4 Å². The zero-order valence-corrected chi connectivity index (χ0v) is 15.5. The Morgan fingerprint density at radius 1 is 1.04 bits per heavy atom. The van der Waals surface area contributed by atoms with E-state index in [-0.39, 0.29) is 5.91 Å². The van der Waals surface area contributed by atoms with Gasteiger partial charge < -0.3 is 10.1 Å². The molecule has 0 unspecified atom stereocenters. The molecule has 1 fully saturated rings. The van der Waals surface area contributed by atoms with Crippen LogP contribution in [0.4, 0.5) is 0 Å². The van der Waals surface area contributed by atoms with E-state index < -0.39 is 0 Å². The zero-order chi connectivity index (χ0) is 18.2. The average molecular weight is 352 g/mol. The summed E-state index contributed by atoms with van der Waals surface area (Å²) in [5, 5.41) is 3.06. The van der Waals surface area contributed by atoms with E-state index in [1.165, 1.54) is 43.5 Å². The number of amides is 1. The molecule has 1 saturated heterocycles. The zero-order valence-electron chi connectivity index (χ0n) is 15.5. The van der Waals surface area contributed by atoms with Gasteiger partial charge in [-0.05, 0) is 54.8 Å². The van der Waals surface area contributed by atoms with Crippen LogP contribution in [-0.2, 0) is 24.3 Å². The largest absolute Gasteiger partial charge is 0.497 e. The number of carbonyl (C=O) groups is 1. The van der Waals surface area contributed by atoms with E-state index in [1.54, 1.807) is 7.11 Å². The fourth-order valence-electron chi connectivity index (χ4n) is 3.47. The smallest absolute Gasteiger partial charge is 0.224 e. The number of ether oxygens (including phenoxy) is 1. The Morgan fingerprint density at radius 3 is 2.58 bits per heavy atom. The number of piperidine rings is 1. The molecule has 0 aliphatic carbocycles. The summed E-state index contributed by atoms with van der Waals surface area (Å²) in [6.45, 7) is 3.90. The minimum absolute atomic E-state index is 0.0334. The van der Waals surface area contributed by atoms with E-state index in [1.807, 2.05) is 30.3 Å². The molecule has 26 heavy (non-hydrogen) atoms. The second kappa shape index (κ2) is 9.39. The van der Waals surface area contributed by atoms with Crippen LogP contribution < -0.4 is 10.1 Å². The molecule has 3 rings (SSSR count). The first kappa shape index (κ1) is 18.5. The molecule has 1 aliphatic heterocycles. The Balaban J connectivity index is 1.56. The van der Waals surface area contributed by atoms with Crippen LogP contribution in [0.3, 0.4) is 0 Å². The molecule has 1 N–H and O–H groups in total. The normalized spacial score (nSPS) is 14.8. The third-order valence-electron chi connectivity index (χ3n) is 4.94. The third-order valence-corrected chi connectivity index (χ3v) is 4.94. The van der Waals surface area contributed by atoms with E-state index in [0.29, 0.717) is 13.0 Å². The first-order valence-electron chi connectivity index (χ1n) is 9.43. The van der Waals surface area contributed by atoms with Crippen LogP contribution in [0.15, 0.2) is 48.5 Å². The highest BCUT2D eigenvalue weighted by molar-refractivity contribution is 5.78. The average Bonchev–Trinajstić information content (AvgIpc) is 2.68. The number of carbonyl (C=O) groups excluding carboxylic acids is 1. The molecule has 1 aliphatic rings. The van der Waals surface area contributed by atoms with Crippen molar-refractivity contribution in [3.8, 4) is 5.75 Å². The predicted molar refractivity (Wildman–Crippen MR) is 104 cm³/mol. The molecule has 0 spiro atoms. The van der Waals surface area contributed by atoms with Crippen molar-refractivity contribution < 1.29 is 9.53 Å².